The van der Waals surface area contributed by atoms with Crippen LogP contribution in [-0.4, -0.2) is 23.5 Å². The highest BCUT2D eigenvalue weighted by molar-refractivity contribution is 6.77. The molecule has 1 aromatic heterocycles. The molecule has 0 fully saturated rings. The number of hydrogen-bond acceptors (Lipinski definition) is 2. The van der Waals surface area contributed by atoms with Gasteiger partial charge in [-0.05, 0) is 36.7 Å². The number of carbonyl (C=O) groups is 1. The van der Waals surface area contributed by atoms with Gasteiger partial charge < -0.3 is 0 Å². The van der Waals surface area contributed by atoms with Gasteiger partial charge in [0, 0.05) is 5.56 Å². The van der Waals surface area contributed by atoms with E-state index in [4.69, 9.17) is 4.98 Å². The summed E-state index contributed by atoms with van der Waals surface area (Å²) in [4.78, 5) is 18.9. The fraction of sp³-hybridized carbons (Fsp3) is 0.231. The van der Waals surface area contributed by atoms with Crippen LogP contribution in [0, 0.1) is 0 Å². The van der Waals surface area contributed by atoms with Crippen molar-refractivity contribution in [2.75, 3.05) is 0 Å². The second-order valence-electron chi connectivity index (χ2n) is 9.45. The van der Waals surface area contributed by atoms with Crippen molar-refractivity contribution in [1.29, 1.82) is 0 Å². The third-order valence-electron chi connectivity index (χ3n) is 6.36. The summed E-state index contributed by atoms with van der Waals surface area (Å²) in [5, 5.41) is 0. The maximum Gasteiger partial charge on any atom is 0.242 e. The van der Waals surface area contributed by atoms with Crippen molar-refractivity contribution in [3.63, 3.8) is 0 Å². The zero-order valence-electron chi connectivity index (χ0n) is 17.7. The van der Waals surface area contributed by atoms with Crippen LogP contribution in [0.1, 0.15) is 22.8 Å². The number of fused-ring (bicyclic) bond motifs is 5. The Morgan fingerprint density at radius 1 is 0.900 bits per heavy atom. The smallest absolute Gasteiger partial charge is 0.242 e. The van der Waals surface area contributed by atoms with Crippen LogP contribution in [0.3, 0.4) is 0 Å². The van der Waals surface area contributed by atoms with Crippen molar-refractivity contribution < 1.29 is 4.79 Å². The molecular formula is C26H26N2OSi. The van der Waals surface area contributed by atoms with Crippen LogP contribution >= 0.6 is 0 Å². The lowest BCUT2D eigenvalue weighted by Crippen LogP contribution is -2.47. The quantitative estimate of drug-likeness (QED) is 0.381. The minimum Gasteiger partial charge on any atom is -0.273 e. The number of nitrogens with zero attached hydrogens (tertiary/aromatic N) is 2. The van der Waals surface area contributed by atoms with Crippen molar-refractivity contribution in [2.24, 2.45) is 0 Å². The Bertz CT molecular complexity index is 1260. The fourth-order valence-electron chi connectivity index (χ4n) is 5.27. The highest BCUT2D eigenvalue weighted by Gasteiger charge is 2.47. The van der Waals surface area contributed by atoms with E-state index >= 15 is 0 Å². The number of hydrogen-bond donors (Lipinski definition) is 0. The molecule has 0 spiro atoms. The molecule has 0 radical (unpaired) electrons. The van der Waals surface area contributed by atoms with Crippen molar-refractivity contribution >= 4 is 25.0 Å². The number of carbonyl (C=O) groups excluding carboxylic acids is 1. The zero-order chi connectivity index (χ0) is 20.9. The lowest BCUT2D eigenvalue weighted by atomic mass is 9.78. The van der Waals surface area contributed by atoms with Crippen molar-refractivity contribution in [3.8, 4) is 11.4 Å². The average molecular weight is 411 g/mol. The fourth-order valence-corrected chi connectivity index (χ4v) is 8.99. The summed E-state index contributed by atoms with van der Waals surface area (Å²) in [5.41, 5.74) is 4.79. The van der Waals surface area contributed by atoms with Crippen molar-refractivity contribution in [3.05, 3.63) is 90.0 Å². The standard InChI is InChI=1S/C26H26N2OSi/c1-26(18-30(2,3)17-19-11-5-4-6-12-19)21-14-8-7-13-20(21)24-27-22-15-9-10-16-23(22)28(24)25(26)29/h4-16H,17-18H2,1-3H3. The van der Waals surface area contributed by atoms with E-state index in [9.17, 15) is 4.79 Å². The highest BCUT2D eigenvalue weighted by atomic mass is 28.3. The van der Waals surface area contributed by atoms with Gasteiger partial charge in [-0.15, -0.1) is 0 Å². The maximum absolute atomic E-state index is 14.1. The van der Waals surface area contributed by atoms with E-state index in [1.807, 2.05) is 34.9 Å². The van der Waals surface area contributed by atoms with Gasteiger partial charge in [0.2, 0.25) is 5.91 Å². The van der Waals surface area contributed by atoms with E-state index in [-0.39, 0.29) is 5.91 Å². The first kappa shape index (κ1) is 19.0. The Hall–Kier alpha value is -2.98. The molecule has 150 valence electrons. The molecule has 1 aliphatic rings. The third-order valence-corrected chi connectivity index (χ3v) is 9.39. The zero-order valence-corrected chi connectivity index (χ0v) is 18.7. The lowest BCUT2D eigenvalue weighted by molar-refractivity contribution is 0.0822. The largest absolute Gasteiger partial charge is 0.273 e. The predicted molar refractivity (Wildman–Crippen MR) is 126 cm³/mol. The van der Waals surface area contributed by atoms with Crippen LogP contribution in [-0.2, 0) is 11.5 Å². The number of imidazole rings is 1. The van der Waals surface area contributed by atoms with Gasteiger partial charge in [0.05, 0.1) is 24.5 Å². The summed E-state index contributed by atoms with van der Waals surface area (Å²) >= 11 is 0. The van der Waals surface area contributed by atoms with Gasteiger partial charge in [-0.25, -0.2) is 4.98 Å². The summed E-state index contributed by atoms with van der Waals surface area (Å²) in [6, 6.07) is 28.9. The number of para-hydroxylation sites is 2. The average Bonchev–Trinajstić information content (AvgIpc) is 3.12. The number of aromatic nitrogens is 2. The van der Waals surface area contributed by atoms with E-state index in [0.29, 0.717) is 0 Å². The summed E-state index contributed by atoms with van der Waals surface area (Å²) in [6.07, 6.45) is 0. The Balaban J connectivity index is 1.64. The topological polar surface area (TPSA) is 34.9 Å². The minimum atomic E-state index is -1.74. The van der Waals surface area contributed by atoms with Crippen LogP contribution in [0.4, 0.5) is 0 Å². The normalized spacial score (nSPS) is 18.3. The van der Waals surface area contributed by atoms with Crippen LogP contribution in [0.5, 0.6) is 0 Å². The molecule has 0 saturated heterocycles. The van der Waals surface area contributed by atoms with E-state index in [1.54, 1.807) is 0 Å². The van der Waals surface area contributed by atoms with Crippen LogP contribution < -0.4 is 0 Å². The molecule has 1 aliphatic heterocycles. The Morgan fingerprint density at radius 2 is 1.57 bits per heavy atom. The monoisotopic (exact) mass is 410 g/mol. The second-order valence-corrected chi connectivity index (χ2v) is 14.5. The van der Waals surface area contributed by atoms with Crippen molar-refractivity contribution in [1.82, 2.24) is 9.55 Å². The molecule has 1 atom stereocenters. The molecule has 5 rings (SSSR count). The van der Waals surface area contributed by atoms with Gasteiger partial charge in [0.1, 0.15) is 5.82 Å². The van der Waals surface area contributed by atoms with Crippen LogP contribution in [0.15, 0.2) is 78.9 Å². The Morgan fingerprint density at radius 3 is 2.37 bits per heavy atom. The molecule has 30 heavy (non-hydrogen) atoms. The first-order chi connectivity index (χ1) is 14.4. The predicted octanol–water partition coefficient (Wildman–Crippen LogP) is 6.11. The van der Waals surface area contributed by atoms with Gasteiger partial charge in [0.15, 0.2) is 0 Å². The molecule has 4 heteroatoms. The summed E-state index contributed by atoms with van der Waals surface area (Å²) < 4.78 is 1.87. The number of benzene rings is 3. The van der Waals surface area contributed by atoms with E-state index in [2.05, 4.69) is 68.5 Å². The van der Waals surface area contributed by atoms with Crippen molar-refractivity contribution in [2.45, 2.75) is 37.5 Å². The SMILES string of the molecule is CC1(C[Si](C)(C)Cc2ccccc2)C(=O)n2c(nc3ccccc32)-c2ccccc21. The molecular weight excluding hydrogens is 384 g/mol. The number of rotatable bonds is 4. The molecule has 4 aromatic rings. The molecule has 0 amide bonds. The highest BCUT2D eigenvalue weighted by Crippen LogP contribution is 2.45. The van der Waals surface area contributed by atoms with Gasteiger partial charge in [-0.3, -0.25) is 9.36 Å². The van der Waals surface area contributed by atoms with Gasteiger partial charge in [0.25, 0.3) is 0 Å². The Labute approximate surface area is 178 Å². The van der Waals surface area contributed by atoms with Gasteiger partial charge in [-0.2, -0.15) is 0 Å². The minimum absolute atomic E-state index is 0.151. The van der Waals surface area contributed by atoms with Gasteiger partial charge >= 0.3 is 0 Å². The molecule has 0 saturated carbocycles. The molecule has 3 aromatic carbocycles. The van der Waals surface area contributed by atoms with Crippen LogP contribution in [0.25, 0.3) is 22.4 Å². The molecule has 2 heterocycles. The molecule has 0 bridgehead atoms. The maximum atomic E-state index is 14.1. The first-order valence-electron chi connectivity index (χ1n) is 10.6. The molecule has 1 unspecified atom stereocenters. The molecule has 0 aliphatic carbocycles. The second kappa shape index (κ2) is 6.78. The first-order valence-corrected chi connectivity index (χ1v) is 14.0. The molecule has 3 nitrogen and oxygen atoms in total. The Kier molecular flexibility index (Phi) is 4.29. The van der Waals surface area contributed by atoms with E-state index < -0.39 is 13.5 Å². The van der Waals surface area contributed by atoms with Crippen LogP contribution in [0.2, 0.25) is 19.1 Å². The van der Waals surface area contributed by atoms with E-state index in [0.717, 1.165) is 40.1 Å². The summed E-state index contributed by atoms with van der Waals surface area (Å²) in [7, 11) is -1.74. The van der Waals surface area contributed by atoms with Gasteiger partial charge in [-0.1, -0.05) is 85.4 Å². The van der Waals surface area contributed by atoms with E-state index in [1.165, 1.54) is 5.56 Å². The molecule has 0 N–H and O–H groups in total. The third kappa shape index (κ3) is 2.94. The lowest BCUT2D eigenvalue weighted by Gasteiger charge is -2.39. The summed E-state index contributed by atoms with van der Waals surface area (Å²) in [6.45, 7) is 6.96. The summed E-state index contributed by atoms with van der Waals surface area (Å²) in [5.74, 6) is 0.926.